The Kier molecular flexibility index (Phi) is 2.81. The van der Waals surface area contributed by atoms with Gasteiger partial charge < -0.3 is 0 Å². The van der Waals surface area contributed by atoms with E-state index in [-0.39, 0.29) is 0 Å². The summed E-state index contributed by atoms with van der Waals surface area (Å²) in [4.78, 5) is 8.38. The van der Waals surface area contributed by atoms with Crippen molar-refractivity contribution in [2.75, 3.05) is 0 Å². The van der Waals surface area contributed by atoms with Crippen LogP contribution in [-0.2, 0) is 9.84 Å². The van der Waals surface area contributed by atoms with Gasteiger partial charge in [-0.05, 0) is 36.4 Å². The van der Waals surface area contributed by atoms with E-state index in [9.17, 15) is 8.42 Å². The van der Waals surface area contributed by atoms with Crippen molar-refractivity contribution in [2.24, 2.45) is 0 Å². The first-order chi connectivity index (χ1) is 10.1. The van der Waals surface area contributed by atoms with Crippen LogP contribution in [0.3, 0.4) is 0 Å². The van der Waals surface area contributed by atoms with Gasteiger partial charge in [0, 0.05) is 12.4 Å². The number of nitrogens with zero attached hydrogens (tertiary/aromatic N) is 2. The second-order valence-corrected chi connectivity index (χ2v) is 8.98. The minimum Gasteiger partial charge on any atom is -0.255 e. The standard InChI is InChI=1S/C14H8N2O2S3/c17-21(18,13-7-9-11(19-13)3-1-5-15-9)14-8-10-12(20-14)4-2-6-16-10/h1-8H. The van der Waals surface area contributed by atoms with Gasteiger partial charge >= 0.3 is 0 Å². The van der Waals surface area contributed by atoms with E-state index in [0.29, 0.717) is 19.5 Å². The lowest BCUT2D eigenvalue weighted by Gasteiger charge is -1.95. The highest BCUT2D eigenvalue weighted by atomic mass is 32.3. The van der Waals surface area contributed by atoms with Gasteiger partial charge in [-0.25, -0.2) is 8.42 Å². The maximum Gasteiger partial charge on any atom is 0.225 e. The SMILES string of the molecule is O=S(=O)(c1cc2ncccc2s1)c1cc2ncccc2s1. The third kappa shape index (κ3) is 2.05. The Morgan fingerprint density at radius 2 is 1.29 bits per heavy atom. The summed E-state index contributed by atoms with van der Waals surface area (Å²) in [5.41, 5.74) is 1.42. The number of thiophene rings is 2. The topological polar surface area (TPSA) is 59.9 Å². The Morgan fingerprint density at radius 3 is 1.71 bits per heavy atom. The van der Waals surface area contributed by atoms with Gasteiger partial charge in [0.15, 0.2) is 0 Å². The summed E-state index contributed by atoms with van der Waals surface area (Å²) in [5, 5.41) is 0. The first kappa shape index (κ1) is 12.9. The number of fused-ring (bicyclic) bond motifs is 2. The maximum atomic E-state index is 12.7. The molecule has 0 unspecified atom stereocenters. The van der Waals surface area contributed by atoms with Crippen LogP contribution in [0.15, 0.2) is 57.2 Å². The summed E-state index contributed by atoms with van der Waals surface area (Å²) in [7, 11) is -3.51. The monoisotopic (exact) mass is 332 g/mol. The van der Waals surface area contributed by atoms with Crippen LogP contribution in [0.2, 0.25) is 0 Å². The van der Waals surface area contributed by atoms with Crippen LogP contribution in [0.4, 0.5) is 0 Å². The van der Waals surface area contributed by atoms with E-state index in [1.54, 1.807) is 36.7 Å². The number of pyridine rings is 2. The zero-order chi connectivity index (χ0) is 14.4. The lowest BCUT2D eigenvalue weighted by Crippen LogP contribution is -1.95. The molecule has 4 aromatic rings. The fourth-order valence-corrected chi connectivity index (χ4v) is 6.40. The van der Waals surface area contributed by atoms with E-state index in [0.717, 1.165) is 9.40 Å². The van der Waals surface area contributed by atoms with Crippen molar-refractivity contribution >= 4 is 52.9 Å². The van der Waals surface area contributed by atoms with E-state index in [1.165, 1.54) is 22.7 Å². The molecule has 0 saturated carbocycles. The van der Waals surface area contributed by atoms with Crippen molar-refractivity contribution in [1.82, 2.24) is 9.97 Å². The van der Waals surface area contributed by atoms with Crippen molar-refractivity contribution < 1.29 is 8.42 Å². The molecule has 0 aliphatic heterocycles. The second-order valence-electron chi connectivity index (χ2n) is 4.41. The number of sulfone groups is 1. The number of hydrogen-bond donors (Lipinski definition) is 0. The Bertz CT molecular complexity index is 918. The predicted molar refractivity (Wildman–Crippen MR) is 84.7 cm³/mol. The minimum absolute atomic E-state index is 0.322. The summed E-state index contributed by atoms with van der Waals surface area (Å²) in [5.74, 6) is 0. The van der Waals surface area contributed by atoms with Crippen LogP contribution < -0.4 is 0 Å². The highest BCUT2D eigenvalue weighted by molar-refractivity contribution is 7.95. The number of hydrogen-bond acceptors (Lipinski definition) is 6. The number of rotatable bonds is 2. The molecule has 0 fully saturated rings. The van der Waals surface area contributed by atoms with E-state index in [2.05, 4.69) is 9.97 Å². The summed E-state index contributed by atoms with van der Waals surface area (Å²) < 4.78 is 27.9. The van der Waals surface area contributed by atoms with E-state index >= 15 is 0 Å². The van der Waals surface area contributed by atoms with Gasteiger partial charge in [-0.1, -0.05) is 0 Å². The second kappa shape index (κ2) is 4.59. The van der Waals surface area contributed by atoms with Crippen LogP contribution in [0.1, 0.15) is 0 Å². The first-order valence-corrected chi connectivity index (χ1v) is 9.20. The van der Waals surface area contributed by atoms with Gasteiger partial charge in [-0.2, -0.15) is 0 Å². The van der Waals surface area contributed by atoms with Crippen molar-refractivity contribution in [3.8, 4) is 0 Å². The lowest BCUT2D eigenvalue weighted by atomic mass is 10.4. The van der Waals surface area contributed by atoms with Crippen LogP contribution >= 0.6 is 22.7 Å². The maximum absolute atomic E-state index is 12.7. The van der Waals surface area contributed by atoms with Crippen LogP contribution in [0.5, 0.6) is 0 Å². The molecule has 4 nitrogen and oxygen atoms in total. The fraction of sp³-hybridized carbons (Fsp3) is 0. The molecule has 0 aliphatic carbocycles. The first-order valence-electron chi connectivity index (χ1n) is 6.09. The molecule has 4 heterocycles. The smallest absolute Gasteiger partial charge is 0.225 e. The quantitative estimate of drug-likeness (QED) is 0.561. The Balaban J connectivity index is 1.92. The molecule has 4 aromatic heterocycles. The van der Waals surface area contributed by atoms with Gasteiger partial charge in [0.05, 0.1) is 20.4 Å². The molecule has 0 amide bonds. The molecule has 0 saturated heterocycles. The third-order valence-electron chi connectivity index (χ3n) is 3.06. The molecule has 0 N–H and O–H groups in total. The fourth-order valence-electron chi connectivity index (χ4n) is 2.06. The molecule has 0 spiro atoms. The average molecular weight is 332 g/mol. The molecular weight excluding hydrogens is 324 g/mol. The van der Waals surface area contributed by atoms with Crippen LogP contribution in [0, 0.1) is 0 Å². The molecule has 4 rings (SSSR count). The highest BCUT2D eigenvalue weighted by Gasteiger charge is 2.23. The molecular formula is C14H8N2O2S3. The molecule has 0 atom stereocenters. The Labute approximate surface area is 128 Å². The largest absolute Gasteiger partial charge is 0.255 e. The molecule has 104 valence electrons. The molecule has 0 radical (unpaired) electrons. The molecule has 7 heteroatoms. The van der Waals surface area contributed by atoms with E-state index < -0.39 is 9.84 Å². The lowest BCUT2D eigenvalue weighted by molar-refractivity contribution is 0.600. The zero-order valence-electron chi connectivity index (χ0n) is 10.6. The van der Waals surface area contributed by atoms with Crippen molar-refractivity contribution in [3.05, 3.63) is 48.8 Å². The van der Waals surface area contributed by atoms with E-state index in [4.69, 9.17) is 0 Å². The summed E-state index contributed by atoms with van der Waals surface area (Å²) in [6.45, 7) is 0. The Hall–Kier alpha value is -1.83. The minimum atomic E-state index is -3.51. The predicted octanol–water partition coefficient (Wildman–Crippen LogP) is 3.74. The summed E-state index contributed by atoms with van der Waals surface area (Å²) >= 11 is 2.49. The highest BCUT2D eigenvalue weighted by Crippen LogP contribution is 2.36. The van der Waals surface area contributed by atoms with Crippen molar-refractivity contribution in [3.63, 3.8) is 0 Å². The van der Waals surface area contributed by atoms with E-state index in [1.807, 2.05) is 12.1 Å². The van der Waals surface area contributed by atoms with Gasteiger partial charge in [0.2, 0.25) is 9.84 Å². The van der Waals surface area contributed by atoms with Gasteiger partial charge in [0.25, 0.3) is 0 Å². The van der Waals surface area contributed by atoms with Gasteiger partial charge in [-0.3, -0.25) is 9.97 Å². The molecule has 21 heavy (non-hydrogen) atoms. The van der Waals surface area contributed by atoms with Crippen LogP contribution in [0.25, 0.3) is 20.4 Å². The van der Waals surface area contributed by atoms with Gasteiger partial charge in [0.1, 0.15) is 8.42 Å². The average Bonchev–Trinajstić information content (AvgIpc) is 3.11. The summed E-state index contributed by atoms with van der Waals surface area (Å²) in [6.07, 6.45) is 3.32. The van der Waals surface area contributed by atoms with Crippen LogP contribution in [-0.4, -0.2) is 18.4 Å². The van der Waals surface area contributed by atoms with Crippen molar-refractivity contribution in [2.45, 2.75) is 8.42 Å². The molecule has 0 aliphatic rings. The third-order valence-corrected chi connectivity index (χ3v) is 7.94. The summed E-state index contributed by atoms with van der Waals surface area (Å²) in [6, 6.07) is 10.6. The zero-order valence-corrected chi connectivity index (χ0v) is 13.0. The number of aromatic nitrogens is 2. The normalized spacial score (nSPS) is 12.2. The molecule has 0 aromatic carbocycles. The Morgan fingerprint density at radius 1 is 0.810 bits per heavy atom. The molecule has 0 bridgehead atoms. The van der Waals surface area contributed by atoms with Gasteiger partial charge in [-0.15, -0.1) is 22.7 Å². The van der Waals surface area contributed by atoms with Crippen molar-refractivity contribution in [1.29, 1.82) is 0 Å².